The Morgan fingerprint density at radius 3 is 1.68 bits per heavy atom. The maximum Gasteiger partial charge on any atom is 0.455 e. The Labute approximate surface area is 106 Å². The first-order valence-electron chi connectivity index (χ1n) is 5.06. The van der Waals surface area contributed by atoms with Gasteiger partial charge in [0.05, 0.1) is 14.2 Å². The number of halogens is 5. The number of alkyl halides is 5. The first-order valence-corrected chi connectivity index (χ1v) is 5.06. The van der Waals surface area contributed by atoms with Gasteiger partial charge in [-0.2, -0.15) is 22.0 Å². The highest BCUT2D eigenvalue weighted by Crippen LogP contribution is 2.44. The van der Waals surface area contributed by atoms with Crippen LogP contribution >= 0.6 is 0 Å². The van der Waals surface area contributed by atoms with Gasteiger partial charge in [-0.3, -0.25) is 0 Å². The van der Waals surface area contributed by atoms with Crippen LogP contribution in [0.15, 0.2) is 18.2 Å². The van der Waals surface area contributed by atoms with E-state index < -0.39 is 23.7 Å². The van der Waals surface area contributed by atoms with Crippen LogP contribution in [0.25, 0.3) is 0 Å². The first kappa shape index (κ1) is 15.5. The van der Waals surface area contributed by atoms with E-state index in [2.05, 4.69) is 0 Å². The molecule has 0 aliphatic heterocycles. The van der Waals surface area contributed by atoms with Gasteiger partial charge in [0, 0.05) is 6.07 Å². The Bertz CT molecular complexity index is 425. The van der Waals surface area contributed by atoms with Gasteiger partial charge in [0.1, 0.15) is 17.5 Å². The number of benzene rings is 1. The molecule has 108 valence electrons. The summed E-state index contributed by atoms with van der Waals surface area (Å²) in [5.74, 6) is -4.91. The highest BCUT2D eigenvalue weighted by molar-refractivity contribution is 5.40. The molecule has 1 aromatic rings. The summed E-state index contributed by atoms with van der Waals surface area (Å²) in [7, 11) is 2.48. The van der Waals surface area contributed by atoms with Crippen molar-refractivity contribution in [3.8, 4) is 11.5 Å². The van der Waals surface area contributed by atoms with Crippen LogP contribution in [0.3, 0.4) is 0 Å². The Morgan fingerprint density at radius 1 is 0.947 bits per heavy atom. The van der Waals surface area contributed by atoms with E-state index >= 15 is 0 Å². The number of rotatable bonds is 4. The van der Waals surface area contributed by atoms with Crippen LogP contribution < -0.4 is 15.2 Å². The molecule has 0 unspecified atom stereocenters. The average molecular weight is 285 g/mol. The lowest BCUT2D eigenvalue weighted by Crippen LogP contribution is -2.45. The third kappa shape index (κ3) is 3.06. The summed E-state index contributed by atoms with van der Waals surface area (Å²) in [6.45, 7) is 0. The number of methoxy groups -OCH3 is 2. The second-order valence-electron chi connectivity index (χ2n) is 3.74. The summed E-state index contributed by atoms with van der Waals surface area (Å²) in [5, 5.41) is 0. The molecule has 0 saturated carbocycles. The monoisotopic (exact) mass is 285 g/mol. The summed E-state index contributed by atoms with van der Waals surface area (Å²) in [6, 6.07) is 0.804. The lowest BCUT2D eigenvalue weighted by atomic mass is 10.0. The highest BCUT2D eigenvalue weighted by atomic mass is 19.4. The molecule has 0 radical (unpaired) electrons. The quantitative estimate of drug-likeness (QED) is 0.865. The predicted octanol–water partition coefficient (Wildman–Crippen LogP) is 2.90. The second kappa shape index (κ2) is 5.20. The molecular weight excluding hydrogens is 273 g/mol. The van der Waals surface area contributed by atoms with Gasteiger partial charge in [-0.1, -0.05) is 0 Å². The van der Waals surface area contributed by atoms with Crippen molar-refractivity contribution in [2.75, 3.05) is 14.2 Å². The van der Waals surface area contributed by atoms with E-state index in [0.717, 1.165) is 12.1 Å². The van der Waals surface area contributed by atoms with Gasteiger partial charge in [0.15, 0.2) is 0 Å². The average Bonchev–Trinajstić information content (AvgIpc) is 2.35. The second-order valence-corrected chi connectivity index (χ2v) is 3.74. The largest absolute Gasteiger partial charge is 0.497 e. The van der Waals surface area contributed by atoms with E-state index in [-0.39, 0.29) is 11.5 Å². The van der Waals surface area contributed by atoms with Crippen LogP contribution in [0.5, 0.6) is 11.5 Å². The molecule has 0 heterocycles. The van der Waals surface area contributed by atoms with Gasteiger partial charge in [0.2, 0.25) is 0 Å². The summed E-state index contributed by atoms with van der Waals surface area (Å²) < 4.78 is 72.6. The standard InChI is InChI=1S/C11H12F5NO2/c1-18-7-3-6(4-8(5-7)19-2)9(17)10(12,13)11(14,15)16/h3-5,9H,17H2,1-2H3/t9-/m1/s1. The van der Waals surface area contributed by atoms with Crippen molar-refractivity contribution >= 4 is 0 Å². The Hall–Kier alpha value is -1.57. The maximum atomic E-state index is 13.1. The van der Waals surface area contributed by atoms with Crippen molar-refractivity contribution in [1.29, 1.82) is 0 Å². The fourth-order valence-corrected chi connectivity index (χ4v) is 1.39. The van der Waals surface area contributed by atoms with Crippen LogP contribution in [0.4, 0.5) is 22.0 Å². The van der Waals surface area contributed by atoms with E-state index in [4.69, 9.17) is 15.2 Å². The van der Waals surface area contributed by atoms with E-state index in [9.17, 15) is 22.0 Å². The van der Waals surface area contributed by atoms with Crippen LogP contribution in [0.2, 0.25) is 0 Å². The third-order valence-electron chi connectivity index (χ3n) is 2.50. The van der Waals surface area contributed by atoms with Gasteiger partial charge in [-0.15, -0.1) is 0 Å². The molecule has 2 N–H and O–H groups in total. The smallest absolute Gasteiger partial charge is 0.455 e. The molecule has 0 aliphatic carbocycles. The van der Waals surface area contributed by atoms with Gasteiger partial charge in [0.25, 0.3) is 0 Å². The normalized spacial score (nSPS) is 14.1. The third-order valence-corrected chi connectivity index (χ3v) is 2.50. The molecule has 0 bridgehead atoms. The Morgan fingerprint density at radius 2 is 1.37 bits per heavy atom. The predicted molar refractivity (Wildman–Crippen MR) is 57.5 cm³/mol. The Kier molecular flexibility index (Phi) is 4.24. The zero-order valence-corrected chi connectivity index (χ0v) is 10.1. The van der Waals surface area contributed by atoms with Crippen molar-refractivity contribution in [3.05, 3.63) is 23.8 Å². The molecule has 0 fully saturated rings. The minimum Gasteiger partial charge on any atom is -0.497 e. The minimum atomic E-state index is -5.73. The van der Waals surface area contributed by atoms with Crippen LogP contribution in [0.1, 0.15) is 11.6 Å². The molecule has 0 amide bonds. The molecule has 0 saturated heterocycles. The van der Waals surface area contributed by atoms with Crippen molar-refractivity contribution in [2.24, 2.45) is 5.73 Å². The molecule has 0 aliphatic rings. The minimum absolute atomic E-state index is 0.0720. The summed E-state index contributed by atoms with van der Waals surface area (Å²) >= 11 is 0. The maximum absolute atomic E-state index is 13.1. The highest BCUT2D eigenvalue weighted by Gasteiger charge is 2.61. The van der Waals surface area contributed by atoms with E-state index in [1.54, 1.807) is 0 Å². The van der Waals surface area contributed by atoms with Gasteiger partial charge in [-0.25, -0.2) is 0 Å². The summed E-state index contributed by atoms with van der Waals surface area (Å²) in [5.41, 5.74) is 4.59. The fourth-order valence-electron chi connectivity index (χ4n) is 1.39. The van der Waals surface area contributed by atoms with E-state index in [1.165, 1.54) is 20.3 Å². The zero-order valence-electron chi connectivity index (χ0n) is 10.1. The van der Waals surface area contributed by atoms with Gasteiger partial charge >= 0.3 is 12.1 Å². The fraction of sp³-hybridized carbons (Fsp3) is 0.455. The molecule has 1 atom stereocenters. The van der Waals surface area contributed by atoms with Crippen molar-refractivity contribution in [2.45, 2.75) is 18.1 Å². The summed E-state index contributed by atoms with van der Waals surface area (Å²) in [6.07, 6.45) is -5.73. The number of hydrogen-bond acceptors (Lipinski definition) is 3. The van der Waals surface area contributed by atoms with Crippen LogP contribution in [-0.4, -0.2) is 26.3 Å². The van der Waals surface area contributed by atoms with Gasteiger partial charge in [-0.05, 0) is 17.7 Å². The topological polar surface area (TPSA) is 44.5 Å². The van der Waals surface area contributed by atoms with Gasteiger partial charge < -0.3 is 15.2 Å². The molecule has 3 nitrogen and oxygen atoms in total. The molecule has 19 heavy (non-hydrogen) atoms. The Balaban J connectivity index is 3.22. The van der Waals surface area contributed by atoms with Crippen molar-refractivity contribution in [1.82, 2.24) is 0 Å². The number of nitrogens with two attached hydrogens (primary N) is 1. The lowest BCUT2D eigenvalue weighted by molar-refractivity contribution is -0.291. The van der Waals surface area contributed by atoms with Crippen LogP contribution in [0, 0.1) is 0 Å². The zero-order chi connectivity index (χ0) is 14.8. The summed E-state index contributed by atoms with van der Waals surface area (Å²) in [4.78, 5) is 0. The molecule has 8 heteroatoms. The SMILES string of the molecule is COc1cc(OC)cc([C@@H](N)C(F)(F)C(F)(F)F)c1. The van der Waals surface area contributed by atoms with E-state index in [0.29, 0.717) is 0 Å². The lowest BCUT2D eigenvalue weighted by Gasteiger charge is -2.26. The number of ether oxygens (including phenoxy) is 2. The molecule has 1 rings (SSSR count). The molecule has 0 aromatic heterocycles. The molecule has 0 spiro atoms. The van der Waals surface area contributed by atoms with Crippen molar-refractivity contribution in [3.63, 3.8) is 0 Å². The van der Waals surface area contributed by atoms with Crippen LogP contribution in [-0.2, 0) is 0 Å². The van der Waals surface area contributed by atoms with Crippen molar-refractivity contribution < 1.29 is 31.4 Å². The number of hydrogen-bond donors (Lipinski definition) is 1. The van der Waals surface area contributed by atoms with E-state index in [1.807, 2.05) is 0 Å². The molecule has 1 aromatic carbocycles. The first-order chi connectivity index (χ1) is 8.63. The molecular formula is C11H12F5NO2.